The molecule has 2 saturated heterocycles. The van der Waals surface area contributed by atoms with Crippen molar-refractivity contribution < 1.29 is 14.4 Å². The Morgan fingerprint density at radius 2 is 2.13 bits per heavy atom. The third kappa shape index (κ3) is 3.59. The third-order valence-corrected chi connectivity index (χ3v) is 7.03. The van der Waals surface area contributed by atoms with Gasteiger partial charge in [0.25, 0.3) is 5.91 Å². The predicted octanol–water partition coefficient (Wildman–Crippen LogP) is 1.94. The minimum absolute atomic E-state index is 0.146. The van der Waals surface area contributed by atoms with E-state index in [1.165, 1.54) is 11.3 Å². The van der Waals surface area contributed by atoms with Crippen LogP contribution in [-0.4, -0.2) is 40.2 Å². The third-order valence-electron chi connectivity index (χ3n) is 5.96. The zero-order valence-corrected chi connectivity index (χ0v) is 17.3. The fraction of sp³-hybridized carbons (Fsp3) is 0.429. The highest BCUT2D eigenvalue weighted by atomic mass is 32.1. The van der Waals surface area contributed by atoms with Gasteiger partial charge in [-0.25, -0.2) is 4.98 Å². The number of benzene rings is 1. The molecule has 0 saturated carbocycles. The summed E-state index contributed by atoms with van der Waals surface area (Å²) in [6.45, 7) is 2.07. The van der Waals surface area contributed by atoms with Crippen LogP contribution in [0.2, 0.25) is 0 Å². The van der Waals surface area contributed by atoms with Gasteiger partial charge in [0, 0.05) is 42.2 Å². The number of hydrogen-bond donors (Lipinski definition) is 3. The van der Waals surface area contributed by atoms with Gasteiger partial charge in [-0.1, -0.05) is 12.1 Å². The van der Waals surface area contributed by atoms with Crippen molar-refractivity contribution in [2.75, 3.05) is 11.9 Å². The van der Waals surface area contributed by atoms with E-state index in [1.807, 2.05) is 24.4 Å². The standard InChI is InChI=1S/C21H23N5O3S/c27-18-6-5-16(19(28)25-18)26-11-13-8-12(3-4-14(13)20(26)29)9-23-21-24-10-17(30-21)15-2-1-7-22-15/h3-4,8,10,15-16,22H,1-2,5-7,9,11H2,(H,23,24)(H,25,27,28). The molecule has 3 aliphatic rings. The quantitative estimate of drug-likeness (QED) is 0.633. The molecule has 1 aromatic heterocycles. The summed E-state index contributed by atoms with van der Waals surface area (Å²) in [4.78, 5) is 43.6. The van der Waals surface area contributed by atoms with Crippen LogP contribution in [0.5, 0.6) is 0 Å². The lowest BCUT2D eigenvalue weighted by molar-refractivity contribution is -0.136. The lowest BCUT2D eigenvalue weighted by Gasteiger charge is -2.29. The van der Waals surface area contributed by atoms with E-state index < -0.39 is 6.04 Å². The molecule has 2 fully saturated rings. The van der Waals surface area contributed by atoms with Crippen LogP contribution in [0.4, 0.5) is 5.13 Å². The van der Waals surface area contributed by atoms with E-state index in [9.17, 15) is 14.4 Å². The molecule has 2 unspecified atom stereocenters. The topological polar surface area (TPSA) is 103 Å². The lowest BCUT2D eigenvalue weighted by Crippen LogP contribution is -2.52. The van der Waals surface area contributed by atoms with Gasteiger partial charge in [-0.05, 0) is 43.0 Å². The minimum Gasteiger partial charge on any atom is -0.357 e. The monoisotopic (exact) mass is 425 g/mol. The number of nitrogens with one attached hydrogen (secondary N) is 3. The lowest BCUT2D eigenvalue weighted by atomic mass is 10.0. The van der Waals surface area contributed by atoms with Gasteiger partial charge in [-0.15, -0.1) is 11.3 Å². The second kappa shape index (κ2) is 7.81. The van der Waals surface area contributed by atoms with Crippen molar-refractivity contribution in [3.05, 3.63) is 46.0 Å². The van der Waals surface area contributed by atoms with Gasteiger partial charge in [0.1, 0.15) is 6.04 Å². The molecule has 3 N–H and O–H groups in total. The Morgan fingerprint density at radius 1 is 1.23 bits per heavy atom. The maximum Gasteiger partial charge on any atom is 0.255 e. The number of amides is 3. The number of carbonyl (C=O) groups is 3. The number of nitrogens with zero attached hydrogens (tertiary/aromatic N) is 2. The van der Waals surface area contributed by atoms with Gasteiger partial charge in [0.2, 0.25) is 11.8 Å². The van der Waals surface area contributed by atoms with Crippen LogP contribution in [0.15, 0.2) is 24.4 Å². The van der Waals surface area contributed by atoms with E-state index in [1.54, 1.807) is 16.2 Å². The Kier molecular flexibility index (Phi) is 5.00. The summed E-state index contributed by atoms with van der Waals surface area (Å²) in [6, 6.07) is 5.62. The van der Waals surface area contributed by atoms with Gasteiger partial charge >= 0.3 is 0 Å². The first-order chi connectivity index (χ1) is 14.6. The predicted molar refractivity (Wildman–Crippen MR) is 112 cm³/mol. The molecule has 5 rings (SSSR count). The van der Waals surface area contributed by atoms with Gasteiger partial charge in [0.05, 0.1) is 0 Å². The molecule has 30 heavy (non-hydrogen) atoms. The van der Waals surface area contributed by atoms with E-state index >= 15 is 0 Å². The van der Waals surface area contributed by atoms with E-state index in [-0.39, 0.29) is 24.1 Å². The van der Waals surface area contributed by atoms with Crippen molar-refractivity contribution >= 4 is 34.2 Å². The Bertz CT molecular complexity index is 1010. The van der Waals surface area contributed by atoms with Crippen LogP contribution in [0.3, 0.4) is 0 Å². The number of aromatic nitrogens is 1. The normalized spacial score (nSPS) is 23.6. The smallest absolute Gasteiger partial charge is 0.255 e. The SMILES string of the molecule is O=C1CCC(N2Cc3cc(CNc4ncc(C5CCCN5)s4)ccc3C2=O)C(=O)N1. The molecule has 2 aromatic rings. The first kappa shape index (κ1) is 19.2. The van der Waals surface area contributed by atoms with Crippen molar-refractivity contribution in [3.8, 4) is 0 Å². The van der Waals surface area contributed by atoms with Crippen molar-refractivity contribution in [1.29, 1.82) is 0 Å². The van der Waals surface area contributed by atoms with Crippen LogP contribution in [0, 0.1) is 0 Å². The maximum absolute atomic E-state index is 12.8. The summed E-state index contributed by atoms with van der Waals surface area (Å²) in [5, 5.41) is 10.1. The fourth-order valence-corrected chi connectivity index (χ4v) is 5.29. The summed E-state index contributed by atoms with van der Waals surface area (Å²) in [5.74, 6) is -0.805. The molecule has 3 amide bonds. The van der Waals surface area contributed by atoms with E-state index in [2.05, 4.69) is 20.9 Å². The number of imide groups is 1. The molecule has 9 heteroatoms. The summed E-state index contributed by atoms with van der Waals surface area (Å²) >= 11 is 1.68. The highest BCUT2D eigenvalue weighted by Crippen LogP contribution is 2.31. The van der Waals surface area contributed by atoms with E-state index in [0.29, 0.717) is 31.1 Å². The van der Waals surface area contributed by atoms with Crippen LogP contribution >= 0.6 is 11.3 Å². The molecule has 0 spiro atoms. The van der Waals surface area contributed by atoms with Gasteiger partial charge < -0.3 is 15.5 Å². The number of rotatable bonds is 5. The van der Waals surface area contributed by atoms with E-state index in [4.69, 9.17) is 0 Å². The first-order valence-electron chi connectivity index (χ1n) is 10.3. The Morgan fingerprint density at radius 3 is 2.93 bits per heavy atom. The maximum atomic E-state index is 12.8. The minimum atomic E-state index is -0.581. The molecular weight excluding hydrogens is 402 g/mol. The number of hydrogen-bond acceptors (Lipinski definition) is 7. The van der Waals surface area contributed by atoms with Crippen molar-refractivity contribution in [2.45, 2.75) is 50.9 Å². The van der Waals surface area contributed by atoms with Crippen LogP contribution in [-0.2, 0) is 22.7 Å². The largest absolute Gasteiger partial charge is 0.357 e. The number of fused-ring (bicyclic) bond motifs is 1. The van der Waals surface area contributed by atoms with Crippen molar-refractivity contribution in [2.24, 2.45) is 0 Å². The fourth-order valence-electron chi connectivity index (χ4n) is 4.37. The molecule has 4 heterocycles. The van der Waals surface area contributed by atoms with Gasteiger partial charge in [0.15, 0.2) is 5.13 Å². The average molecular weight is 426 g/mol. The number of thiazole rings is 1. The molecule has 2 atom stereocenters. The van der Waals surface area contributed by atoms with Crippen molar-refractivity contribution in [1.82, 2.24) is 20.5 Å². The summed E-state index contributed by atoms with van der Waals surface area (Å²) in [6.07, 6.45) is 4.94. The highest BCUT2D eigenvalue weighted by Gasteiger charge is 2.39. The summed E-state index contributed by atoms with van der Waals surface area (Å²) in [7, 11) is 0. The van der Waals surface area contributed by atoms with Crippen LogP contribution in [0.1, 0.15) is 58.1 Å². The van der Waals surface area contributed by atoms with Crippen LogP contribution < -0.4 is 16.0 Å². The van der Waals surface area contributed by atoms with Crippen molar-refractivity contribution in [3.63, 3.8) is 0 Å². The number of piperidine rings is 1. The summed E-state index contributed by atoms with van der Waals surface area (Å²) in [5.41, 5.74) is 2.61. The molecule has 0 aliphatic carbocycles. The molecule has 3 aliphatic heterocycles. The summed E-state index contributed by atoms with van der Waals surface area (Å²) < 4.78 is 0. The molecule has 8 nitrogen and oxygen atoms in total. The second-order valence-corrected chi connectivity index (χ2v) is 9.02. The molecular formula is C21H23N5O3S. The van der Waals surface area contributed by atoms with Crippen LogP contribution in [0.25, 0.3) is 0 Å². The second-order valence-electron chi connectivity index (χ2n) is 7.96. The number of anilines is 1. The number of carbonyl (C=O) groups excluding carboxylic acids is 3. The molecule has 1 aromatic carbocycles. The zero-order chi connectivity index (χ0) is 20.7. The molecule has 156 valence electrons. The average Bonchev–Trinajstić information content (AvgIpc) is 3.47. The van der Waals surface area contributed by atoms with Gasteiger partial charge in [-0.3, -0.25) is 19.7 Å². The zero-order valence-electron chi connectivity index (χ0n) is 16.4. The first-order valence-corrected chi connectivity index (χ1v) is 11.1. The molecule has 0 radical (unpaired) electrons. The van der Waals surface area contributed by atoms with Gasteiger partial charge in [-0.2, -0.15) is 0 Å². The molecule has 0 bridgehead atoms. The van der Waals surface area contributed by atoms with E-state index in [0.717, 1.165) is 29.2 Å². The Balaban J connectivity index is 1.24. The Hall–Kier alpha value is -2.78. The highest BCUT2D eigenvalue weighted by molar-refractivity contribution is 7.15. The Labute approximate surface area is 178 Å².